The molecule has 39 heavy (non-hydrogen) atoms. The number of alkyl halides is 3. The lowest BCUT2D eigenvalue weighted by molar-refractivity contribution is -0.192. The maximum absolute atomic E-state index is 13.2. The second-order valence-corrected chi connectivity index (χ2v) is 10.5. The maximum atomic E-state index is 13.2. The van der Waals surface area contributed by atoms with Gasteiger partial charge in [0.2, 0.25) is 0 Å². The zero-order valence-corrected chi connectivity index (χ0v) is 21.8. The number of halogens is 4. The number of hydrogen-bond acceptors (Lipinski definition) is 8. The monoisotopic (exact) mass is 586 g/mol. The Morgan fingerprint density at radius 3 is 2.59 bits per heavy atom. The van der Waals surface area contributed by atoms with Crippen LogP contribution < -0.4 is 16.0 Å². The lowest BCUT2D eigenvalue weighted by atomic mass is 10.1. The quantitative estimate of drug-likeness (QED) is 0.326. The van der Waals surface area contributed by atoms with E-state index in [9.17, 15) is 22.2 Å². The van der Waals surface area contributed by atoms with Crippen LogP contribution in [0, 0.1) is 0 Å². The number of aliphatic carboxylic acids is 1. The van der Waals surface area contributed by atoms with Crippen LogP contribution in [0.4, 0.5) is 24.8 Å². The molecule has 1 atom stereocenters. The van der Waals surface area contributed by atoms with Gasteiger partial charge in [0.25, 0.3) is 5.91 Å². The molecule has 4 N–H and O–H groups in total. The highest BCUT2D eigenvalue weighted by Crippen LogP contribution is 2.33. The molecule has 208 valence electrons. The van der Waals surface area contributed by atoms with Crippen LogP contribution in [0.3, 0.4) is 0 Å². The van der Waals surface area contributed by atoms with Gasteiger partial charge in [-0.25, -0.2) is 19.3 Å². The van der Waals surface area contributed by atoms with Gasteiger partial charge in [0.15, 0.2) is 11.5 Å². The van der Waals surface area contributed by atoms with E-state index in [1.807, 2.05) is 17.4 Å². The highest BCUT2D eigenvalue weighted by Gasteiger charge is 2.38. The number of imidazole rings is 1. The first-order valence-electron chi connectivity index (χ1n) is 11.3. The number of amides is 1. The Morgan fingerprint density at radius 2 is 1.95 bits per heavy atom. The van der Waals surface area contributed by atoms with E-state index < -0.39 is 29.0 Å². The number of pyridine rings is 1. The van der Waals surface area contributed by atoms with Gasteiger partial charge in [0.05, 0.1) is 22.8 Å². The van der Waals surface area contributed by atoms with Crippen molar-refractivity contribution in [2.24, 2.45) is 0 Å². The SMILES string of the molecule is CC(NC(=O)c1c(N)nn2cccnc12)c1cc(Cl)c2cncn2c1N1CCS(=O)CC1.O=C(O)C(F)(F)F. The van der Waals surface area contributed by atoms with Gasteiger partial charge in [-0.2, -0.15) is 13.2 Å². The van der Waals surface area contributed by atoms with Crippen molar-refractivity contribution >= 4 is 57.1 Å². The van der Waals surface area contributed by atoms with Crippen molar-refractivity contribution in [3.05, 3.63) is 53.2 Å². The van der Waals surface area contributed by atoms with E-state index in [1.54, 1.807) is 31.0 Å². The molecule has 1 fully saturated rings. The number of carboxylic acids is 1. The molecule has 4 aromatic rings. The lowest BCUT2D eigenvalue weighted by Crippen LogP contribution is -2.40. The molecule has 0 bridgehead atoms. The number of rotatable bonds is 4. The average molecular weight is 587 g/mol. The number of nitrogens with zero attached hydrogens (tertiary/aromatic N) is 6. The Kier molecular flexibility index (Phi) is 7.96. The molecule has 1 aliphatic rings. The van der Waals surface area contributed by atoms with Crippen molar-refractivity contribution in [2.45, 2.75) is 19.1 Å². The summed E-state index contributed by atoms with van der Waals surface area (Å²) in [6.45, 7) is 3.16. The van der Waals surface area contributed by atoms with Crippen LogP contribution in [0.25, 0.3) is 11.2 Å². The lowest BCUT2D eigenvalue weighted by Gasteiger charge is -2.32. The van der Waals surface area contributed by atoms with Crippen molar-refractivity contribution in [3.8, 4) is 0 Å². The molecule has 0 aromatic carbocycles. The van der Waals surface area contributed by atoms with Crippen molar-refractivity contribution in [1.29, 1.82) is 0 Å². The molecule has 17 heteroatoms. The van der Waals surface area contributed by atoms with Crippen molar-refractivity contribution in [3.63, 3.8) is 0 Å². The fourth-order valence-corrected chi connectivity index (χ4v) is 5.34. The van der Waals surface area contributed by atoms with Gasteiger partial charge in [-0.15, -0.1) is 5.10 Å². The highest BCUT2D eigenvalue weighted by atomic mass is 35.5. The van der Waals surface area contributed by atoms with Crippen LogP contribution in [0.2, 0.25) is 5.02 Å². The number of carboxylic acid groups (broad SMARTS) is 1. The number of fused-ring (bicyclic) bond motifs is 2. The molecule has 1 amide bonds. The summed E-state index contributed by atoms with van der Waals surface area (Å²) in [4.78, 5) is 32.7. The van der Waals surface area contributed by atoms with Crippen molar-refractivity contribution < 1.29 is 32.1 Å². The van der Waals surface area contributed by atoms with E-state index in [0.29, 0.717) is 35.3 Å². The average Bonchev–Trinajstić information content (AvgIpc) is 3.49. The molecule has 0 aliphatic carbocycles. The smallest absolute Gasteiger partial charge is 0.475 e. The molecule has 0 saturated carbocycles. The molecule has 1 unspecified atom stereocenters. The van der Waals surface area contributed by atoms with Crippen LogP contribution >= 0.6 is 11.6 Å². The van der Waals surface area contributed by atoms with Gasteiger partial charge >= 0.3 is 12.1 Å². The van der Waals surface area contributed by atoms with Gasteiger partial charge in [0, 0.05) is 53.4 Å². The van der Waals surface area contributed by atoms with Crippen LogP contribution in [-0.4, -0.2) is 75.9 Å². The van der Waals surface area contributed by atoms with E-state index >= 15 is 0 Å². The summed E-state index contributed by atoms with van der Waals surface area (Å²) in [5.41, 5.74) is 8.21. The largest absolute Gasteiger partial charge is 0.490 e. The van der Waals surface area contributed by atoms with Crippen LogP contribution in [0.5, 0.6) is 0 Å². The predicted molar refractivity (Wildman–Crippen MR) is 137 cm³/mol. The minimum absolute atomic E-state index is 0.107. The third-order valence-electron chi connectivity index (χ3n) is 5.84. The molecule has 12 nitrogen and oxygen atoms in total. The molecule has 5 rings (SSSR count). The van der Waals surface area contributed by atoms with E-state index in [2.05, 4.69) is 25.3 Å². The first kappa shape index (κ1) is 28.1. The number of carbonyl (C=O) groups is 2. The summed E-state index contributed by atoms with van der Waals surface area (Å²) in [7, 11) is -0.819. The Bertz CT molecular complexity index is 1560. The van der Waals surface area contributed by atoms with E-state index in [-0.39, 0.29) is 17.3 Å². The third kappa shape index (κ3) is 5.90. The second kappa shape index (κ2) is 11.1. The molecule has 0 radical (unpaired) electrons. The summed E-state index contributed by atoms with van der Waals surface area (Å²) in [6.07, 6.45) is 1.59. The molecule has 0 spiro atoms. The minimum Gasteiger partial charge on any atom is -0.475 e. The second-order valence-electron chi connectivity index (χ2n) is 8.40. The van der Waals surface area contributed by atoms with Gasteiger partial charge in [-0.05, 0) is 19.1 Å². The number of hydrogen-bond donors (Lipinski definition) is 3. The number of nitrogen functional groups attached to an aromatic ring is 1. The van der Waals surface area contributed by atoms with E-state index in [0.717, 1.165) is 16.9 Å². The molecule has 5 heterocycles. The van der Waals surface area contributed by atoms with E-state index in [4.69, 9.17) is 27.2 Å². The number of nitrogens with one attached hydrogen (secondary N) is 1. The molecular weight excluding hydrogens is 565 g/mol. The Balaban J connectivity index is 0.000000448. The summed E-state index contributed by atoms with van der Waals surface area (Å²) in [5, 5.41) is 14.8. The molecule has 1 saturated heterocycles. The van der Waals surface area contributed by atoms with E-state index in [1.165, 1.54) is 4.52 Å². The Hall–Kier alpha value is -3.92. The first-order chi connectivity index (χ1) is 18.4. The zero-order valence-electron chi connectivity index (χ0n) is 20.2. The van der Waals surface area contributed by atoms with Crippen LogP contribution in [-0.2, 0) is 15.6 Å². The number of anilines is 2. The summed E-state index contributed by atoms with van der Waals surface area (Å²) in [6, 6.07) is 3.15. The maximum Gasteiger partial charge on any atom is 0.490 e. The fourth-order valence-electron chi connectivity index (χ4n) is 4.03. The summed E-state index contributed by atoms with van der Waals surface area (Å²) in [5.74, 6) is -0.982. The first-order valence-corrected chi connectivity index (χ1v) is 13.2. The predicted octanol–water partition coefficient (Wildman–Crippen LogP) is 2.31. The van der Waals surface area contributed by atoms with Gasteiger partial charge in [-0.3, -0.25) is 13.4 Å². The third-order valence-corrected chi connectivity index (χ3v) is 7.41. The molecule has 4 aromatic heterocycles. The summed E-state index contributed by atoms with van der Waals surface area (Å²) >= 11 is 6.54. The topological polar surface area (TPSA) is 160 Å². The van der Waals surface area contributed by atoms with Crippen molar-refractivity contribution in [1.82, 2.24) is 29.3 Å². The van der Waals surface area contributed by atoms with Gasteiger partial charge in [-0.1, -0.05) is 11.6 Å². The standard InChI is InChI=1S/C20H21ClN8O2S.C2HF3O2/c1-12(25-19(30)16-17(22)26-29-4-2-3-24-18(16)29)13-9-14(21)15-10-23-11-28(15)20(13)27-5-7-32(31)8-6-27;3-2(4,5)1(6)7/h2-4,9-12H,5-8H2,1H3,(H2,22,26)(H,25,30);(H,6,7). The minimum atomic E-state index is -5.08. The molecular formula is C22H22ClF3N8O4S. The number of aromatic nitrogens is 5. The summed E-state index contributed by atoms with van der Waals surface area (Å²) < 4.78 is 47.0. The van der Waals surface area contributed by atoms with Crippen LogP contribution in [0.15, 0.2) is 37.1 Å². The Labute approximate surface area is 226 Å². The van der Waals surface area contributed by atoms with Gasteiger partial charge in [0.1, 0.15) is 17.7 Å². The fraction of sp³-hybridized carbons (Fsp3) is 0.318. The Morgan fingerprint density at radius 1 is 1.28 bits per heavy atom. The van der Waals surface area contributed by atoms with Crippen LogP contribution in [0.1, 0.15) is 28.9 Å². The van der Waals surface area contributed by atoms with Gasteiger partial charge < -0.3 is 21.1 Å². The zero-order chi connectivity index (χ0) is 28.5. The molecule has 1 aliphatic heterocycles. The highest BCUT2D eigenvalue weighted by molar-refractivity contribution is 7.85. The van der Waals surface area contributed by atoms with Crippen molar-refractivity contribution in [2.75, 3.05) is 35.2 Å². The number of carbonyl (C=O) groups excluding carboxylic acids is 1. The number of nitrogens with two attached hydrogens (primary N) is 1. The normalized spacial score (nSPS) is 15.2.